The van der Waals surface area contributed by atoms with Crippen LogP contribution in [0.2, 0.25) is 0 Å². The molecule has 3 nitrogen and oxygen atoms in total. The lowest BCUT2D eigenvalue weighted by Crippen LogP contribution is -2.09. The maximum absolute atomic E-state index is 11.7. The summed E-state index contributed by atoms with van der Waals surface area (Å²) in [6.07, 6.45) is 1.36. The molecule has 0 saturated heterocycles. The Balaban J connectivity index is 2.23. The molecule has 0 bridgehead atoms. The van der Waals surface area contributed by atoms with Crippen LogP contribution in [0.25, 0.3) is 22.0 Å². The zero-order valence-electron chi connectivity index (χ0n) is 10.5. The third-order valence-corrected chi connectivity index (χ3v) is 3.19. The molecule has 0 aliphatic heterocycles. The smallest absolute Gasteiger partial charge is 0.418 e. The highest BCUT2D eigenvalue weighted by Crippen LogP contribution is 2.29. The zero-order chi connectivity index (χ0) is 13.2. The van der Waals surface area contributed by atoms with E-state index in [4.69, 9.17) is 4.74 Å². The van der Waals surface area contributed by atoms with Gasteiger partial charge < -0.3 is 4.74 Å². The van der Waals surface area contributed by atoms with Crippen molar-refractivity contribution in [3.8, 4) is 11.1 Å². The Morgan fingerprint density at radius 2 is 1.79 bits per heavy atom. The molecule has 0 N–H and O–H groups in total. The van der Waals surface area contributed by atoms with Gasteiger partial charge in [0.05, 0.1) is 12.6 Å². The number of fused-ring (bicyclic) bond motifs is 1. The molecule has 1 heterocycles. The first-order valence-electron chi connectivity index (χ1n) is 6.05. The Morgan fingerprint density at radius 3 is 2.53 bits per heavy atom. The molecule has 0 unspecified atom stereocenters. The van der Waals surface area contributed by atoms with E-state index in [0.29, 0.717) is 0 Å². The van der Waals surface area contributed by atoms with E-state index in [-0.39, 0.29) is 6.09 Å². The summed E-state index contributed by atoms with van der Waals surface area (Å²) in [4.78, 5) is 11.7. The molecule has 3 rings (SSSR count). The van der Waals surface area contributed by atoms with E-state index >= 15 is 0 Å². The highest BCUT2D eigenvalue weighted by atomic mass is 16.5. The van der Waals surface area contributed by atoms with Crippen LogP contribution < -0.4 is 0 Å². The molecule has 0 aliphatic rings. The maximum Gasteiger partial charge on any atom is 0.418 e. The van der Waals surface area contributed by atoms with Crippen LogP contribution in [0.3, 0.4) is 0 Å². The van der Waals surface area contributed by atoms with Crippen LogP contribution >= 0.6 is 0 Å². The van der Waals surface area contributed by atoms with Crippen molar-refractivity contribution in [2.45, 2.75) is 0 Å². The second kappa shape index (κ2) is 4.61. The Kier molecular flexibility index (Phi) is 2.80. The van der Waals surface area contributed by atoms with Crippen LogP contribution in [-0.4, -0.2) is 17.8 Å². The predicted octanol–water partition coefficient (Wildman–Crippen LogP) is 3.92. The highest BCUT2D eigenvalue weighted by molar-refractivity contribution is 5.99. The molecule has 19 heavy (non-hydrogen) atoms. The van der Waals surface area contributed by atoms with Gasteiger partial charge in [-0.05, 0) is 23.3 Å². The van der Waals surface area contributed by atoms with Crippen LogP contribution in [0.1, 0.15) is 0 Å². The van der Waals surface area contributed by atoms with E-state index in [1.807, 2.05) is 36.4 Å². The fraction of sp³-hybridized carbons (Fsp3) is 0.0625. The molecular weight excluding hydrogens is 238 g/mol. The van der Waals surface area contributed by atoms with Crippen LogP contribution in [0, 0.1) is 0 Å². The molecule has 3 heteroatoms. The molecule has 0 fully saturated rings. The van der Waals surface area contributed by atoms with Gasteiger partial charge in [0.2, 0.25) is 0 Å². The predicted molar refractivity (Wildman–Crippen MR) is 75.2 cm³/mol. The van der Waals surface area contributed by atoms with E-state index in [9.17, 15) is 4.79 Å². The van der Waals surface area contributed by atoms with Gasteiger partial charge in [0.25, 0.3) is 0 Å². The van der Waals surface area contributed by atoms with Crippen LogP contribution in [0.5, 0.6) is 0 Å². The molecule has 2 aromatic carbocycles. The van der Waals surface area contributed by atoms with Gasteiger partial charge >= 0.3 is 6.09 Å². The molecule has 0 atom stereocenters. The van der Waals surface area contributed by atoms with E-state index < -0.39 is 0 Å². The molecule has 0 radical (unpaired) electrons. The minimum Gasteiger partial charge on any atom is -0.452 e. The van der Waals surface area contributed by atoms with E-state index in [0.717, 1.165) is 22.0 Å². The average Bonchev–Trinajstić information content (AvgIpc) is 2.91. The van der Waals surface area contributed by atoms with Crippen molar-refractivity contribution in [2.75, 3.05) is 7.11 Å². The minimum atomic E-state index is -0.375. The summed E-state index contributed by atoms with van der Waals surface area (Å²) < 4.78 is 6.29. The minimum absolute atomic E-state index is 0.375. The summed E-state index contributed by atoms with van der Waals surface area (Å²) >= 11 is 0. The number of aromatic nitrogens is 1. The topological polar surface area (TPSA) is 31.2 Å². The molecule has 0 spiro atoms. The first kappa shape index (κ1) is 11.5. The summed E-state index contributed by atoms with van der Waals surface area (Å²) in [6.45, 7) is 0. The van der Waals surface area contributed by atoms with Gasteiger partial charge in [0, 0.05) is 11.6 Å². The number of rotatable bonds is 1. The Morgan fingerprint density at radius 1 is 1.00 bits per heavy atom. The normalized spacial score (nSPS) is 10.6. The van der Waals surface area contributed by atoms with Crippen molar-refractivity contribution in [2.24, 2.45) is 0 Å². The van der Waals surface area contributed by atoms with Gasteiger partial charge in [-0.1, -0.05) is 42.5 Å². The summed E-state index contributed by atoms with van der Waals surface area (Å²) in [5.41, 5.74) is 3.10. The monoisotopic (exact) mass is 251 g/mol. The maximum atomic E-state index is 11.7. The molecule has 0 saturated carbocycles. The van der Waals surface area contributed by atoms with Gasteiger partial charge in [-0.2, -0.15) is 0 Å². The van der Waals surface area contributed by atoms with Gasteiger partial charge in [0.15, 0.2) is 0 Å². The van der Waals surface area contributed by atoms with Crippen LogP contribution in [0.15, 0.2) is 60.8 Å². The third-order valence-electron chi connectivity index (χ3n) is 3.19. The van der Waals surface area contributed by atoms with Crippen molar-refractivity contribution in [1.82, 2.24) is 4.57 Å². The standard InChI is InChI=1S/C16H13NO2/c1-19-16(18)17-11-10-14-13(8-5-9-15(14)17)12-6-3-2-4-7-12/h2-11H,1H3. The summed E-state index contributed by atoms with van der Waals surface area (Å²) in [5.74, 6) is 0. The van der Waals surface area contributed by atoms with Crippen LogP contribution in [-0.2, 0) is 4.74 Å². The van der Waals surface area contributed by atoms with Gasteiger partial charge in [-0.15, -0.1) is 0 Å². The number of hydrogen-bond acceptors (Lipinski definition) is 2. The Labute approximate surface area is 111 Å². The SMILES string of the molecule is COC(=O)n1ccc2c(-c3ccccc3)cccc21. The van der Waals surface area contributed by atoms with Gasteiger partial charge in [-0.25, -0.2) is 4.79 Å². The fourth-order valence-corrected chi connectivity index (χ4v) is 2.29. The second-order valence-electron chi connectivity index (χ2n) is 4.26. The number of ether oxygens (including phenoxy) is 1. The molecular formula is C16H13NO2. The zero-order valence-corrected chi connectivity index (χ0v) is 10.5. The average molecular weight is 251 g/mol. The van der Waals surface area contributed by atoms with E-state index in [2.05, 4.69) is 18.2 Å². The lowest BCUT2D eigenvalue weighted by atomic mass is 10.0. The summed E-state index contributed by atoms with van der Waals surface area (Å²) in [6, 6.07) is 18.0. The first-order chi connectivity index (χ1) is 9.31. The summed E-state index contributed by atoms with van der Waals surface area (Å²) in [5, 5.41) is 1.04. The highest BCUT2D eigenvalue weighted by Gasteiger charge is 2.11. The number of methoxy groups -OCH3 is 1. The van der Waals surface area contributed by atoms with Gasteiger partial charge in [0.1, 0.15) is 0 Å². The first-order valence-corrected chi connectivity index (χ1v) is 6.05. The molecule has 0 amide bonds. The molecule has 1 aromatic heterocycles. The van der Waals surface area contributed by atoms with Crippen molar-refractivity contribution in [3.63, 3.8) is 0 Å². The van der Waals surface area contributed by atoms with Crippen molar-refractivity contribution < 1.29 is 9.53 Å². The largest absolute Gasteiger partial charge is 0.452 e. The Hall–Kier alpha value is -2.55. The number of hydrogen-bond donors (Lipinski definition) is 0. The van der Waals surface area contributed by atoms with Crippen molar-refractivity contribution >= 4 is 17.0 Å². The number of benzene rings is 2. The Bertz CT molecular complexity index is 729. The van der Waals surface area contributed by atoms with Crippen LogP contribution in [0.4, 0.5) is 4.79 Å². The molecule has 3 aromatic rings. The molecule has 0 aliphatic carbocycles. The summed E-state index contributed by atoms with van der Waals surface area (Å²) in [7, 11) is 1.38. The fourth-order valence-electron chi connectivity index (χ4n) is 2.29. The van der Waals surface area contributed by atoms with Gasteiger partial charge in [-0.3, -0.25) is 4.57 Å². The number of nitrogens with zero attached hydrogens (tertiary/aromatic N) is 1. The second-order valence-corrected chi connectivity index (χ2v) is 4.26. The van der Waals surface area contributed by atoms with E-state index in [1.165, 1.54) is 11.7 Å². The lowest BCUT2D eigenvalue weighted by Gasteiger charge is -2.05. The number of carbonyl (C=O) groups excluding carboxylic acids is 1. The van der Waals surface area contributed by atoms with Crippen molar-refractivity contribution in [1.29, 1.82) is 0 Å². The number of carbonyl (C=O) groups is 1. The molecule has 94 valence electrons. The third kappa shape index (κ3) is 1.89. The lowest BCUT2D eigenvalue weighted by molar-refractivity contribution is 0.174. The quantitative estimate of drug-likeness (QED) is 0.656. The van der Waals surface area contributed by atoms with Crippen molar-refractivity contribution in [3.05, 3.63) is 60.8 Å². The van der Waals surface area contributed by atoms with E-state index in [1.54, 1.807) is 6.20 Å².